The van der Waals surface area contributed by atoms with Crippen LogP contribution in [-0.2, 0) is 9.53 Å². The number of rotatable bonds is 10. The van der Waals surface area contributed by atoms with Gasteiger partial charge >= 0.3 is 0 Å². The summed E-state index contributed by atoms with van der Waals surface area (Å²) in [5.41, 5.74) is 0.230. The highest BCUT2D eigenvalue weighted by atomic mass is 35.5. The molecule has 0 unspecified atom stereocenters. The number of carbonyl (C=O) groups is 1. The fraction of sp³-hybridized carbons (Fsp3) is 0.370. The second kappa shape index (κ2) is 11.2. The molecule has 3 heterocycles. The molecule has 1 aromatic carbocycles. The van der Waals surface area contributed by atoms with Crippen LogP contribution in [0.25, 0.3) is 22.0 Å². The van der Waals surface area contributed by atoms with E-state index >= 15 is 0 Å². The Balaban J connectivity index is 1.58. The smallest absolute Gasteiger partial charge is 0.243 e. The molecule has 11 heteroatoms. The van der Waals surface area contributed by atoms with Crippen molar-refractivity contribution in [2.24, 2.45) is 5.92 Å². The second-order valence-electron chi connectivity index (χ2n) is 9.16. The van der Waals surface area contributed by atoms with Gasteiger partial charge in [-0.3, -0.25) is 4.79 Å². The third-order valence-electron chi connectivity index (χ3n) is 6.51. The molecule has 1 amide bonds. The highest BCUT2D eigenvalue weighted by molar-refractivity contribution is 6.41. The van der Waals surface area contributed by atoms with Crippen molar-refractivity contribution in [2.45, 2.75) is 24.9 Å². The number of nitrogens with zero attached hydrogens (tertiary/aromatic N) is 2. The lowest BCUT2D eigenvalue weighted by Crippen LogP contribution is -2.45. The van der Waals surface area contributed by atoms with E-state index in [1.807, 2.05) is 6.07 Å². The minimum Gasteiger partial charge on any atom is -0.495 e. The van der Waals surface area contributed by atoms with Crippen LogP contribution in [0.3, 0.4) is 0 Å². The zero-order chi connectivity index (χ0) is 31.8. The highest BCUT2D eigenvalue weighted by Crippen LogP contribution is 2.46. The van der Waals surface area contributed by atoms with Crippen LogP contribution in [0.5, 0.6) is 11.5 Å². The van der Waals surface area contributed by atoms with Crippen molar-refractivity contribution >= 4 is 51.5 Å². The van der Waals surface area contributed by atoms with Gasteiger partial charge in [-0.25, -0.2) is 9.97 Å². The normalized spacial score (nSPS) is 21.7. The van der Waals surface area contributed by atoms with Crippen LogP contribution in [0.15, 0.2) is 37.1 Å². The Morgan fingerprint density at radius 2 is 1.92 bits per heavy atom. The molecule has 2 aromatic heterocycles. The topological polar surface area (TPSA) is 107 Å². The molecule has 200 valence electrons. The summed E-state index contributed by atoms with van der Waals surface area (Å²) < 4.78 is 60.9. The van der Waals surface area contributed by atoms with Gasteiger partial charge in [0.15, 0.2) is 0 Å². The van der Waals surface area contributed by atoms with Crippen molar-refractivity contribution in [1.29, 1.82) is 0 Å². The summed E-state index contributed by atoms with van der Waals surface area (Å²) in [5, 5.41) is 10.5. The molecule has 3 aromatic rings. The van der Waals surface area contributed by atoms with Crippen molar-refractivity contribution < 1.29 is 27.2 Å². The number of aromatic nitrogens is 2. The zero-order valence-corrected chi connectivity index (χ0v) is 21.7. The first-order valence-corrected chi connectivity index (χ1v) is 12.7. The monoisotopic (exact) mass is 563 g/mol. The van der Waals surface area contributed by atoms with Crippen molar-refractivity contribution in [2.75, 3.05) is 44.5 Å². The fourth-order valence-electron chi connectivity index (χ4n) is 4.28. The molecule has 2 fully saturated rings. The van der Waals surface area contributed by atoms with Crippen LogP contribution in [0.1, 0.15) is 21.1 Å². The van der Waals surface area contributed by atoms with Gasteiger partial charge < -0.3 is 30.2 Å². The van der Waals surface area contributed by atoms with Crippen LogP contribution >= 0.6 is 23.2 Å². The summed E-state index contributed by atoms with van der Waals surface area (Å²) in [4.78, 5) is 21.2. The number of pyridine rings is 2. The molecule has 3 N–H and O–H groups in total. The van der Waals surface area contributed by atoms with E-state index < -0.39 is 14.1 Å². The molecule has 1 aliphatic carbocycles. The fourth-order valence-corrected chi connectivity index (χ4v) is 4.90. The van der Waals surface area contributed by atoms with Gasteiger partial charge in [0, 0.05) is 35.1 Å². The van der Waals surface area contributed by atoms with E-state index in [1.165, 1.54) is 6.08 Å². The van der Waals surface area contributed by atoms with Crippen LogP contribution in [-0.4, -0.2) is 61.8 Å². The Morgan fingerprint density at radius 1 is 1.18 bits per heavy atom. The Bertz CT molecular complexity index is 1550. The summed E-state index contributed by atoms with van der Waals surface area (Å²) in [7, 11) is -5.80. The Morgan fingerprint density at radius 3 is 2.61 bits per heavy atom. The maximum absolute atomic E-state index is 11.9. The quantitative estimate of drug-likeness (QED) is 0.298. The molecule has 0 radical (unpaired) electrons. The summed E-state index contributed by atoms with van der Waals surface area (Å²) in [5.74, 6) is 0.472. The van der Waals surface area contributed by atoms with E-state index in [4.69, 9.17) is 50.6 Å². The molecule has 0 spiro atoms. The number of benzene rings is 1. The highest BCUT2D eigenvalue weighted by Gasteiger charge is 2.30. The predicted octanol–water partition coefficient (Wildman–Crippen LogP) is 4.92. The second-order valence-corrected chi connectivity index (χ2v) is 9.91. The zero-order valence-electron chi connectivity index (χ0n) is 26.1. The molecule has 2 aliphatic rings. The number of halogens is 2. The molecular weight excluding hydrogens is 529 g/mol. The van der Waals surface area contributed by atoms with Crippen molar-refractivity contribution in [3.8, 4) is 22.8 Å². The van der Waals surface area contributed by atoms with Gasteiger partial charge in [-0.1, -0.05) is 29.8 Å². The van der Waals surface area contributed by atoms with E-state index in [2.05, 4.69) is 27.5 Å². The molecule has 1 saturated carbocycles. The van der Waals surface area contributed by atoms with Gasteiger partial charge in [0.2, 0.25) is 5.91 Å². The van der Waals surface area contributed by atoms with E-state index in [-0.39, 0.29) is 50.8 Å². The lowest BCUT2D eigenvalue weighted by atomic mass is 10.1. The van der Waals surface area contributed by atoms with Crippen molar-refractivity contribution in [3.63, 3.8) is 0 Å². The maximum Gasteiger partial charge on any atom is 0.243 e. The van der Waals surface area contributed by atoms with Crippen LogP contribution < -0.4 is 25.4 Å². The lowest BCUT2D eigenvalue weighted by molar-refractivity contribution is -0.117. The summed E-state index contributed by atoms with van der Waals surface area (Å²) in [6, 6.07) is 3.95. The number of amides is 1. The average molecular weight is 565 g/mol. The number of nitrogens with one attached hydrogen (secondary N) is 3. The van der Waals surface area contributed by atoms with Gasteiger partial charge in [0.05, 0.1) is 63.3 Å². The molecule has 5 rings (SSSR count). The number of carbonyl (C=O) groups excluding carboxylic acids is 1. The molecule has 1 aliphatic heterocycles. The number of anilines is 2. The predicted molar refractivity (Wildman–Crippen MR) is 150 cm³/mol. The Labute approximate surface area is 239 Å². The van der Waals surface area contributed by atoms with Gasteiger partial charge in [0.1, 0.15) is 23.1 Å². The molecule has 2 atom stereocenters. The number of hydrogen-bond donors (Lipinski definition) is 3. The van der Waals surface area contributed by atoms with Crippen LogP contribution in [0.4, 0.5) is 11.6 Å². The minimum atomic E-state index is -2.90. The van der Waals surface area contributed by atoms with Gasteiger partial charge in [-0.2, -0.15) is 0 Å². The Hall–Kier alpha value is -3.27. The standard InChI is InChI=1S/C27H29Cl2N5O4/c1-4-23(35)33-19-13-38-12-18(19)32-22-8-16-15(11-30-22)7-17(34-27(16)31-10-14-5-6-14)24-25(28)20(36-2)9-21(37-3)26(24)29/h4,7-9,11,14,18-19H,1,5-6,10,12-13H2,2-3H3,(H,30,32)(H,31,34)(H,33,35)/t18-,19+/m1/s1/i2D3,3D3. The van der Waals surface area contributed by atoms with E-state index in [9.17, 15) is 4.79 Å². The Kier molecular flexibility index (Phi) is 5.83. The first kappa shape index (κ1) is 19.7. The van der Waals surface area contributed by atoms with E-state index in [0.717, 1.165) is 18.9 Å². The minimum absolute atomic E-state index is 0.0248. The number of hydrogen-bond acceptors (Lipinski definition) is 8. The van der Waals surface area contributed by atoms with Crippen molar-refractivity contribution in [3.05, 3.63) is 47.1 Å². The molecular formula is C27H29Cl2N5O4. The molecule has 9 nitrogen and oxygen atoms in total. The van der Waals surface area contributed by atoms with Gasteiger partial charge in [-0.15, -0.1) is 0 Å². The maximum atomic E-state index is 11.9. The summed E-state index contributed by atoms with van der Waals surface area (Å²) in [6.45, 7) is 4.84. The largest absolute Gasteiger partial charge is 0.495 e. The van der Waals surface area contributed by atoms with E-state index in [1.54, 1.807) is 12.3 Å². The van der Waals surface area contributed by atoms with Crippen molar-refractivity contribution in [1.82, 2.24) is 15.3 Å². The lowest BCUT2D eigenvalue weighted by Gasteiger charge is -2.21. The first-order valence-electron chi connectivity index (χ1n) is 14.9. The third kappa shape index (κ3) is 5.45. The number of ether oxygens (including phenoxy) is 3. The van der Waals surface area contributed by atoms with Gasteiger partial charge in [0.25, 0.3) is 0 Å². The van der Waals surface area contributed by atoms with Gasteiger partial charge in [-0.05, 0) is 37.0 Å². The SMILES string of the molecule is [2H]C([2H])([2H])Oc1cc(OC([2H])([2H])[2H])c(Cl)c(-c2cc3cnc(N[C@@H]4COC[C@@H]4NC(=O)C=C)cc3c(NCC3CC3)n2)c1Cl. The molecule has 1 saturated heterocycles. The summed E-state index contributed by atoms with van der Waals surface area (Å²) >= 11 is 13.3. The van der Waals surface area contributed by atoms with E-state index in [0.29, 0.717) is 48.1 Å². The first-order chi connectivity index (χ1) is 20.7. The van der Waals surface area contributed by atoms with Crippen LogP contribution in [0, 0.1) is 5.92 Å². The third-order valence-corrected chi connectivity index (χ3v) is 7.26. The number of fused-ring (bicyclic) bond motifs is 1. The average Bonchev–Trinajstić information content (AvgIpc) is 3.67. The molecule has 38 heavy (non-hydrogen) atoms. The number of methoxy groups -OCH3 is 2. The molecule has 0 bridgehead atoms. The van der Waals surface area contributed by atoms with Crippen LogP contribution in [0.2, 0.25) is 10.0 Å². The summed E-state index contributed by atoms with van der Waals surface area (Å²) in [6.07, 6.45) is 4.98.